The van der Waals surface area contributed by atoms with Gasteiger partial charge in [0.2, 0.25) is 10.0 Å². The molecule has 1 atom stereocenters. The molecular formula is C19H19ClN2O6S. The second-order valence-corrected chi connectivity index (χ2v) is 8.77. The first-order chi connectivity index (χ1) is 13.8. The van der Waals surface area contributed by atoms with Crippen molar-refractivity contribution in [2.24, 2.45) is 0 Å². The second kappa shape index (κ2) is 8.30. The fraction of sp³-hybridized carbons (Fsp3) is 0.263. The average Bonchev–Trinajstić information content (AvgIpc) is 2.73. The van der Waals surface area contributed by atoms with Gasteiger partial charge in [-0.25, -0.2) is 13.2 Å². The minimum atomic E-state index is -3.62. The normalized spacial score (nSPS) is 15.8. The van der Waals surface area contributed by atoms with Gasteiger partial charge < -0.3 is 14.8 Å². The number of nitrogens with zero attached hydrogens (tertiary/aromatic N) is 1. The van der Waals surface area contributed by atoms with Gasteiger partial charge in [-0.2, -0.15) is 0 Å². The summed E-state index contributed by atoms with van der Waals surface area (Å²) >= 11 is 6.12. The smallest absolute Gasteiger partial charge is 0.337 e. The van der Waals surface area contributed by atoms with Crippen LogP contribution in [0, 0.1) is 0 Å². The van der Waals surface area contributed by atoms with Gasteiger partial charge in [0.1, 0.15) is 5.75 Å². The van der Waals surface area contributed by atoms with Gasteiger partial charge >= 0.3 is 5.97 Å². The highest BCUT2D eigenvalue weighted by Gasteiger charge is 2.36. The lowest BCUT2D eigenvalue weighted by molar-refractivity contribution is -0.122. The number of nitrogens with one attached hydrogen (secondary N) is 1. The van der Waals surface area contributed by atoms with E-state index in [1.807, 2.05) is 0 Å². The summed E-state index contributed by atoms with van der Waals surface area (Å²) in [5, 5.41) is 2.80. The van der Waals surface area contributed by atoms with Crippen molar-refractivity contribution in [1.82, 2.24) is 0 Å². The van der Waals surface area contributed by atoms with Gasteiger partial charge in [-0.1, -0.05) is 23.7 Å². The van der Waals surface area contributed by atoms with Crippen LogP contribution in [0.3, 0.4) is 0 Å². The molecule has 2 aromatic rings. The Labute approximate surface area is 173 Å². The first kappa shape index (κ1) is 20.9. The maximum Gasteiger partial charge on any atom is 0.337 e. The summed E-state index contributed by atoms with van der Waals surface area (Å²) in [6, 6.07) is 10.9. The quantitative estimate of drug-likeness (QED) is 0.720. The molecule has 1 aliphatic heterocycles. The summed E-state index contributed by atoms with van der Waals surface area (Å²) in [6.07, 6.45) is -1.11. The highest BCUT2D eigenvalue weighted by molar-refractivity contribution is 7.92. The number of esters is 1. The third-order valence-electron chi connectivity index (χ3n) is 4.37. The molecule has 0 aliphatic carbocycles. The standard InChI is InChI=1S/C19H19ClN2O6S/c1-3-29(25,26)22-11-17(28-16-7-5-4-6-15(16)22)18(23)21-14-10-12(19(24)27-2)8-9-13(14)20/h4-10,17H,3,11H2,1-2H3,(H,21,23)/t17-/m1/s1. The molecule has 1 aliphatic rings. The van der Waals surface area contributed by atoms with Crippen LogP contribution in [0.1, 0.15) is 17.3 Å². The van der Waals surface area contributed by atoms with Crippen molar-refractivity contribution in [3.63, 3.8) is 0 Å². The fourth-order valence-electron chi connectivity index (χ4n) is 2.84. The van der Waals surface area contributed by atoms with Gasteiger partial charge in [0.05, 0.1) is 41.4 Å². The number of hydrogen-bond donors (Lipinski definition) is 1. The number of carbonyl (C=O) groups is 2. The van der Waals surface area contributed by atoms with Gasteiger partial charge in [0.15, 0.2) is 6.10 Å². The number of fused-ring (bicyclic) bond motifs is 1. The van der Waals surface area contributed by atoms with E-state index < -0.39 is 28.0 Å². The molecule has 1 amide bonds. The molecule has 10 heteroatoms. The van der Waals surface area contributed by atoms with Crippen molar-refractivity contribution >= 4 is 44.9 Å². The number of hydrogen-bond acceptors (Lipinski definition) is 6. The summed E-state index contributed by atoms with van der Waals surface area (Å²) < 4.78 is 36.6. The van der Waals surface area contributed by atoms with Crippen molar-refractivity contribution in [2.45, 2.75) is 13.0 Å². The van der Waals surface area contributed by atoms with Crippen molar-refractivity contribution in [2.75, 3.05) is 29.0 Å². The summed E-state index contributed by atoms with van der Waals surface area (Å²) in [5.41, 5.74) is 0.772. The molecule has 0 bridgehead atoms. The van der Waals surface area contributed by atoms with E-state index in [9.17, 15) is 18.0 Å². The van der Waals surface area contributed by atoms with E-state index in [-0.39, 0.29) is 34.3 Å². The van der Waals surface area contributed by atoms with Crippen molar-refractivity contribution in [3.05, 3.63) is 53.1 Å². The lowest BCUT2D eigenvalue weighted by atomic mass is 10.2. The van der Waals surface area contributed by atoms with Crippen LogP contribution in [0.2, 0.25) is 5.02 Å². The highest BCUT2D eigenvalue weighted by atomic mass is 35.5. The Kier molecular flexibility index (Phi) is 5.99. The van der Waals surface area contributed by atoms with Gasteiger partial charge in [-0.3, -0.25) is 9.10 Å². The number of methoxy groups -OCH3 is 1. The SMILES string of the molecule is CCS(=O)(=O)N1C[C@H](C(=O)Nc2cc(C(=O)OC)ccc2Cl)Oc2ccccc21. The summed E-state index contributed by atoms with van der Waals surface area (Å²) in [6.45, 7) is 1.34. The minimum absolute atomic E-state index is 0.122. The number of carbonyl (C=O) groups excluding carboxylic acids is 2. The van der Waals surface area contributed by atoms with Crippen molar-refractivity contribution in [3.8, 4) is 5.75 Å². The molecule has 8 nitrogen and oxygen atoms in total. The Bertz CT molecular complexity index is 1060. The van der Waals surface area contributed by atoms with Crippen LogP contribution >= 0.6 is 11.6 Å². The second-order valence-electron chi connectivity index (χ2n) is 6.18. The summed E-state index contributed by atoms with van der Waals surface area (Å²) in [7, 11) is -2.38. The Morgan fingerprint density at radius 1 is 1.28 bits per heavy atom. The van der Waals surface area contributed by atoms with E-state index in [0.717, 1.165) is 0 Å². The van der Waals surface area contributed by atoms with Gasteiger partial charge in [0.25, 0.3) is 5.91 Å². The Hall–Kier alpha value is -2.78. The zero-order valence-corrected chi connectivity index (χ0v) is 17.3. The lowest BCUT2D eigenvalue weighted by Crippen LogP contribution is -2.49. The molecule has 0 aromatic heterocycles. The third-order valence-corrected chi connectivity index (χ3v) is 6.45. The number of halogens is 1. The topological polar surface area (TPSA) is 102 Å². The Morgan fingerprint density at radius 2 is 2.00 bits per heavy atom. The third kappa shape index (κ3) is 4.30. The molecule has 1 N–H and O–H groups in total. The Balaban J connectivity index is 1.88. The van der Waals surface area contributed by atoms with Crippen molar-refractivity contribution in [1.29, 1.82) is 0 Å². The van der Waals surface area contributed by atoms with Crippen LogP contribution in [0.25, 0.3) is 0 Å². The van der Waals surface area contributed by atoms with Crippen molar-refractivity contribution < 1.29 is 27.5 Å². The monoisotopic (exact) mass is 438 g/mol. The Morgan fingerprint density at radius 3 is 2.69 bits per heavy atom. The highest BCUT2D eigenvalue weighted by Crippen LogP contribution is 2.35. The maximum atomic E-state index is 12.8. The predicted octanol–water partition coefficient (Wildman–Crippen LogP) is 2.68. The number of benzene rings is 2. The van der Waals surface area contributed by atoms with Gasteiger partial charge in [0, 0.05) is 0 Å². The molecule has 0 radical (unpaired) electrons. The molecule has 0 unspecified atom stereocenters. The molecule has 154 valence electrons. The molecule has 3 rings (SSSR count). The number of anilines is 2. The molecule has 29 heavy (non-hydrogen) atoms. The summed E-state index contributed by atoms with van der Waals surface area (Å²) in [4.78, 5) is 24.5. The number of rotatable bonds is 5. The maximum absolute atomic E-state index is 12.8. The van der Waals surface area contributed by atoms with Crippen LogP contribution in [0.15, 0.2) is 42.5 Å². The molecule has 0 spiro atoms. The van der Waals surface area contributed by atoms with E-state index in [1.165, 1.54) is 36.5 Å². The van der Waals surface area contributed by atoms with E-state index >= 15 is 0 Å². The van der Waals surface area contributed by atoms with E-state index in [2.05, 4.69) is 10.1 Å². The first-order valence-corrected chi connectivity index (χ1v) is 10.7. The van der Waals surface area contributed by atoms with Crippen LogP contribution in [-0.4, -0.2) is 45.8 Å². The molecule has 0 saturated carbocycles. The van der Waals surface area contributed by atoms with Crippen LogP contribution in [-0.2, 0) is 19.6 Å². The average molecular weight is 439 g/mol. The number of para-hydroxylation sites is 2. The predicted molar refractivity (Wildman–Crippen MR) is 109 cm³/mol. The van der Waals surface area contributed by atoms with Crippen LogP contribution in [0.4, 0.5) is 11.4 Å². The van der Waals surface area contributed by atoms with E-state index in [1.54, 1.807) is 24.3 Å². The molecule has 0 saturated heterocycles. The van der Waals surface area contributed by atoms with Crippen LogP contribution < -0.4 is 14.4 Å². The largest absolute Gasteiger partial charge is 0.476 e. The first-order valence-electron chi connectivity index (χ1n) is 8.71. The zero-order valence-electron chi connectivity index (χ0n) is 15.7. The zero-order chi connectivity index (χ0) is 21.2. The fourth-order valence-corrected chi connectivity index (χ4v) is 4.13. The van der Waals surface area contributed by atoms with E-state index in [4.69, 9.17) is 16.3 Å². The van der Waals surface area contributed by atoms with Crippen LogP contribution in [0.5, 0.6) is 5.75 Å². The molecule has 1 heterocycles. The molecular weight excluding hydrogens is 420 g/mol. The van der Waals surface area contributed by atoms with Gasteiger partial charge in [-0.15, -0.1) is 0 Å². The number of sulfonamides is 1. The summed E-state index contributed by atoms with van der Waals surface area (Å²) in [5.74, 6) is -1.02. The number of amides is 1. The molecule has 2 aromatic carbocycles. The lowest BCUT2D eigenvalue weighted by Gasteiger charge is -2.34. The minimum Gasteiger partial charge on any atom is -0.476 e. The molecule has 0 fully saturated rings. The number of ether oxygens (including phenoxy) is 2. The van der Waals surface area contributed by atoms with Gasteiger partial charge in [-0.05, 0) is 37.3 Å². The van der Waals surface area contributed by atoms with E-state index in [0.29, 0.717) is 5.69 Å².